The predicted molar refractivity (Wildman–Crippen MR) is 128 cm³/mol. The Hall–Kier alpha value is -3.44. The van der Waals surface area contributed by atoms with Crippen molar-refractivity contribution in [3.05, 3.63) is 62.6 Å². The summed E-state index contributed by atoms with van der Waals surface area (Å²) in [5.41, 5.74) is -0.920. The normalized spacial score (nSPS) is 21.7. The fourth-order valence-electron chi connectivity index (χ4n) is 4.13. The highest BCUT2D eigenvalue weighted by Crippen LogP contribution is 2.29. The van der Waals surface area contributed by atoms with Gasteiger partial charge in [-0.15, -0.1) is 0 Å². The van der Waals surface area contributed by atoms with Crippen molar-refractivity contribution in [1.82, 2.24) is 19.8 Å². The van der Waals surface area contributed by atoms with E-state index in [0.29, 0.717) is 18.4 Å². The molecule has 2 aromatic rings. The molecule has 2 atom stereocenters. The summed E-state index contributed by atoms with van der Waals surface area (Å²) in [6.07, 6.45) is 3.82. The van der Waals surface area contributed by atoms with Gasteiger partial charge in [0.25, 0.3) is 11.5 Å². The Morgan fingerprint density at radius 1 is 1.28 bits per heavy atom. The van der Waals surface area contributed by atoms with Crippen LogP contribution in [0.5, 0.6) is 11.5 Å². The van der Waals surface area contributed by atoms with Gasteiger partial charge in [-0.05, 0) is 25.0 Å². The Bertz CT molecular complexity index is 1280. The number of likely N-dealkylation sites (N-methyl/N-ethyl adjacent to an activating group) is 1. The van der Waals surface area contributed by atoms with Crippen molar-refractivity contribution in [3.8, 4) is 11.5 Å². The summed E-state index contributed by atoms with van der Waals surface area (Å²) in [6.45, 7) is 2.08. The number of nitrogens with zero attached hydrogens (tertiary/aromatic N) is 3. The molecule has 0 saturated carbocycles. The Morgan fingerprint density at radius 2 is 2.06 bits per heavy atom. The summed E-state index contributed by atoms with van der Waals surface area (Å²) >= 11 is 5.92. The minimum absolute atomic E-state index is 0.0470. The van der Waals surface area contributed by atoms with Crippen molar-refractivity contribution in [2.45, 2.75) is 38.4 Å². The van der Waals surface area contributed by atoms with Gasteiger partial charge in [0, 0.05) is 25.2 Å². The fourth-order valence-corrected chi connectivity index (χ4v) is 4.32. The molecule has 10 nitrogen and oxygen atoms in total. The lowest BCUT2D eigenvalue weighted by atomic mass is 10.1. The molecule has 0 radical (unpaired) electrons. The number of carbonyl (C=O) groups excluding carboxylic acids is 2. The molecule has 0 fully saturated rings. The van der Waals surface area contributed by atoms with Crippen LogP contribution in [0.2, 0.25) is 5.02 Å². The second-order valence-corrected chi connectivity index (χ2v) is 8.91. The maximum absolute atomic E-state index is 14.1. The Kier molecular flexibility index (Phi) is 7.60. The van der Waals surface area contributed by atoms with E-state index >= 15 is 0 Å². The Labute approximate surface area is 211 Å². The van der Waals surface area contributed by atoms with Crippen LogP contribution in [0.1, 0.15) is 53.7 Å². The Morgan fingerprint density at radius 3 is 2.81 bits per heavy atom. The van der Waals surface area contributed by atoms with Crippen molar-refractivity contribution in [2.24, 2.45) is 0 Å². The first kappa shape index (κ1) is 25.6. The van der Waals surface area contributed by atoms with E-state index in [-0.39, 0.29) is 48.9 Å². The molecule has 1 aromatic heterocycles. The van der Waals surface area contributed by atoms with E-state index < -0.39 is 40.8 Å². The van der Waals surface area contributed by atoms with Gasteiger partial charge < -0.3 is 24.8 Å². The van der Waals surface area contributed by atoms with Crippen LogP contribution >= 0.6 is 11.6 Å². The number of carbonyl (C=O) groups is 2. The first-order valence-electron chi connectivity index (χ1n) is 11.5. The minimum Gasteiger partial charge on any atom is -0.501 e. The van der Waals surface area contributed by atoms with Gasteiger partial charge in [0.2, 0.25) is 11.7 Å². The zero-order valence-corrected chi connectivity index (χ0v) is 20.5. The molecular weight excluding hydrogens is 495 g/mol. The second-order valence-electron chi connectivity index (χ2n) is 8.50. The first-order chi connectivity index (χ1) is 17.2. The number of amides is 2. The molecule has 2 aliphatic rings. The predicted octanol–water partition coefficient (Wildman–Crippen LogP) is 2.49. The Balaban J connectivity index is 1.84. The SMILES string of the molecule is CC[C@H]1COC[C@@H]2c3nc(c(O)c(=O)n31)C(=O)NCc1cc(Cl)c(F)cc1OCC/C=C/C(=O)N2C. The van der Waals surface area contributed by atoms with Gasteiger partial charge in [-0.25, -0.2) is 9.37 Å². The van der Waals surface area contributed by atoms with Crippen LogP contribution in [-0.2, 0) is 16.1 Å². The van der Waals surface area contributed by atoms with Crippen LogP contribution < -0.4 is 15.6 Å². The van der Waals surface area contributed by atoms with E-state index in [4.69, 9.17) is 21.1 Å². The molecule has 0 unspecified atom stereocenters. The standard InChI is InChI=1S/C24H26ClFN4O6/c1-3-14-11-35-12-17-22-28-20(21(32)24(34)30(14)22)23(33)27-10-13-8-15(25)16(26)9-18(13)36-7-5-4-6-19(31)29(17)2/h4,6,8-9,14,17,32H,3,5,7,10-12H2,1-2H3,(H,27,33)/b6-4+/t14-,17+/m0/s1. The molecule has 36 heavy (non-hydrogen) atoms. The molecule has 192 valence electrons. The average molecular weight is 521 g/mol. The zero-order valence-electron chi connectivity index (χ0n) is 19.8. The average Bonchev–Trinajstić information content (AvgIpc) is 3.04. The largest absolute Gasteiger partial charge is 0.501 e. The second kappa shape index (κ2) is 10.7. The highest BCUT2D eigenvalue weighted by molar-refractivity contribution is 6.30. The summed E-state index contributed by atoms with van der Waals surface area (Å²) in [5.74, 6) is -2.44. The fraction of sp³-hybridized carbons (Fsp3) is 0.417. The molecule has 2 amide bonds. The van der Waals surface area contributed by atoms with E-state index in [0.717, 1.165) is 6.07 Å². The number of hydrogen-bond donors (Lipinski definition) is 2. The van der Waals surface area contributed by atoms with Crippen LogP contribution in [0, 0.1) is 5.82 Å². The lowest BCUT2D eigenvalue weighted by Gasteiger charge is -2.27. The minimum atomic E-state index is -0.836. The topological polar surface area (TPSA) is 123 Å². The third-order valence-corrected chi connectivity index (χ3v) is 6.50. The van der Waals surface area contributed by atoms with E-state index in [1.165, 1.54) is 21.6 Å². The van der Waals surface area contributed by atoms with Crippen molar-refractivity contribution < 1.29 is 28.6 Å². The van der Waals surface area contributed by atoms with E-state index in [2.05, 4.69) is 10.3 Å². The number of hydrogen-bond acceptors (Lipinski definition) is 7. The summed E-state index contributed by atoms with van der Waals surface area (Å²) in [4.78, 5) is 44.9. The molecule has 3 heterocycles. The van der Waals surface area contributed by atoms with Crippen LogP contribution in [0.4, 0.5) is 4.39 Å². The molecule has 0 aliphatic carbocycles. The molecule has 1 aromatic carbocycles. The monoisotopic (exact) mass is 520 g/mol. The number of ether oxygens (including phenoxy) is 2. The van der Waals surface area contributed by atoms with Gasteiger partial charge >= 0.3 is 0 Å². The number of aromatic nitrogens is 2. The first-order valence-corrected chi connectivity index (χ1v) is 11.9. The van der Waals surface area contributed by atoms with Crippen molar-refractivity contribution >= 4 is 23.4 Å². The molecule has 2 bridgehead atoms. The highest BCUT2D eigenvalue weighted by Gasteiger charge is 2.34. The maximum atomic E-state index is 14.1. The molecular formula is C24H26ClFN4O6. The number of benzene rings is 1. The number of fused-ring (bicyclic) bond motifs is 2. The van der Waals surface area contributed by atoms with E-state index in [1.54, 1.807) is 13.1 Å². The number of aromatic hydroxyl groups is 1. The molecule has 12 heteroatoms. The summed E-state index contributed by atoms with van der Waals surface area (Å²) < 4.78 is 26.8. The number of rotatable bonds is 1. The summed E-state index contributed by atoms with van der Waals surface area (Å²) in [6, 6.07) is 1.20. The highest BCUT2D eigenvalue weighted by atomic mass is 35.5. The van der Waals surface area contributed by atoms with Crippen LogP contribution in [0.25, 0.3) is 0 Å². The molecule has 2 aliphatic heterocycles. The molecule has 2 N–H and O–H groups in total. The van der Waals surface area contributed by atoms with Gasteiger partial charge in [-0.2, -0.15) is 0 Å². The van der Waals surface area contributed by atoms with Gasteiger partial charge in [0.15, 0.2) is 5.69 Å². The van der Waals surface area contributed by atoms with Gasteiger partial charge in [-0.3, -0.25) is 19.0 Å². The maximum Gasteiger partial charge on any atom is 0.296 e. The van der Waals surface area contributed by atoms with Crippen LogP contribution in [-0.4, -0.2) is 58.2 Å². The van der Waals surface area contributed by atoms with E-state index in [9.17, 15) is 23.9 Å². The number of nitrogens with one attached hydrogen (secondary N) is 1. The third-order valence-electron chi connectivity index (χ3n) is 6.21. The molecule has 0 spiro atoms. The van der Waals surface area contributed by atoms with Gasteiger partial charge in [-0.1, -0.05) is 24.6 Å². The van der Waals surface area contributed by atoms with Crippen molar-refractivity contribution in [3.63, 3.8) is 0 Å². The van der Waals surface area contributed by atoms with Gasteiger partial charge in [0.05, 0.1) is 30.9 Å². The van der Waals surface area contributed by atoms with E-state index in [1.807, 2.05) is 6.92 Å². The van der Waals surface area contributed by atoms with Crippen molar-refractivity contribution in [2.75, 3.05) is 26.9 Å². The quantitative estimate of drug-likeness (QED) is 0.592. The van der Waals surface area contributed by atoms with Crippen molar-refractivity contribution in [1.29, 1.82) is 0 Å². The number of halogens is 2. The van der Waals surface area contributed by atoms with Gasteiger partial charge in [0.1, 0.15) is 23.4 Å². The lowest BCUT2D eigenvalue weighted by molar-refractivity contribution is -0.128. The summed E-state index contributed by atoms with van der Waals surface area (Å²) in [5, 5.41) is 13.1. The molecule has 0 saturated heterocycles. The molecule has 4 rings (SSSR count). The smallest absolute Gasteiger partial charge is 0.296 e. The van der Waals surface area contributed by atoms with Crippen LogP contribution in [0.15, 0.2) is 29.1 Å². The summed E-state index contributed by atoms with van der Waals surface area (Å²) in [7, 11) is 1.54. The zero-order chi connectivity index (χ0) is 26.0. The lowest BCUT2D eigenvalue weighted by Crippen LogP contribution is -2.39. The van der Waals surface area contributed by atoms with Crippen LogP contribution in [0.3, 0.4) is 0 Å². The third kappa shape index (κ3) is 4.93.